The van der Waals surface area contributed by atoms with Crippen molar-refractivity contribution in [1.29, 1.82) is 0 Å². The molecular weight excluding hydrogens is 941 g/mol. The standard InChI is InChI=1S/C48H70N10O14/c1-8-24(4)38(48(71)72)56-43(66)34(17-23(2)3)53-41(64)25(5)52-37(63)21-51-46(69)39(26(6)60)57-45(68)36(19-29-20-50-33-12-10-9-11-31(29)33)55-47(70)40(27(7)61)58-44(67)35(54-42(65)32(49)22-59)18-28-13-15-30(62)16-14-28/h9-16,20,23-27,32,34-36,38-40,50,59-62H,8,17-19,21-22,49H2,1-7H3,(H,51,69)(H,52,63)(H,53,64)(H,54,65)(H,55,70)(H,56,66)(H,57,68)(H,58,67)(H,71,72)/t24-,25-,26+,27+,32-,34-,35-,36-,38-,39-,40-/m0/s1. The number of aromatic amines is 1. The van der Waals surface area contributed by atoms with E-state index < -0.39 is 133 Å². The average molecular weight is 1010 g/mol. The summed E-state index contributed by atoms with van der Waals surface area (Å²) >= 11 is 0. The van der Waals surface area contributed by atoms with Gasteiger partial charge in [-0.3, -0.25) is 38.4 Å². The summed E-state index contributed by atoms with van der Waals surface area (Å²) in [6, 6.07) is 1.12. The average Bonchev–Trinajstić information content (AvgIpc) is 3.74. The number of benzene rings is 2. The fourth-order valence-electron chi connectivity index (χ4n) is 7.32. The molecule has 0 aliphatic heterocycles. The van der Waals surface area contributed by atoms with Crippen LogP contribution in [0.5, 0.6) is 5.75 Å². The second-order valence-electron chi connectivity index (χ2n) is 18.2. The Labute approximate surface area is 416 Å². The molecule has 8 amide bonds. The van der Waals surface area contributed by atoms with Gasteiger partial charge in [0, 0.05) is 29.9 Å². The molecule has 0 aliphatic rings. The molecule has 0 radical (unpaired) electrons. The van der Waals surface area contributed by atoms with E-state index in [2.05, 4.69) is 47.5 Å². The molecule has 0 unspecified atom stereocenters. The van der Waals surface area contributed by atoms with Gasteiger partial charge in [-0.1, -0.05) is 64.4 Å². The zero-order valence-corrected chi connectivity index (χ0v) is 41.4. The van der Waals surface area contributed by atoms with Crippen molar-refractivity contribution in [2.75, 3.05) is 13.2 Å². The first kappa shape index (κ1) is 59.2. The quantitative estimate of drug-likeness (QED) is 0.0356. The monoisotopic (exact) mass is 1010 g/mol. The third-order valence-electron chi connectivity index (χ3n) is 11.7. The molecule has 16 N–H and O–H groups in total. The normalized spacial score (nSPS) is 15.9. The second kappa shape index (κ2) is 28.0. The summed E-state index contributed by atoms with van der Waals surface area (Å²) < 4.78 is 0. The van der Waals surface area contributed by atoms with Gasteiger partial charge >= 0.3 is 5.97 Å². The van der Waals surface area contributed by atoms with Crippen LogP contribution in [0.4, 0.5) is 0 Å². The fraction of sp³-hybridized carbons (Fsp3) is 0.521. The molecule has 3 aromatic rings. The van der Waals surface area contributed by atoms with E-state index in [1.807, 2.05) is 0 Å². The van der Waals surface area contributed by atoms with E-state index in [1.165, 1.54) is 45.0 Å². The van der Waals surface area contributed by atoms with Crippen LogP contribution in [0.2, 0.25) is 0 Å². The lowest BCUT2D eigenvalue weighted by Gasteiger charge is -2.28. The van der Waals surface area contributed by atoms with Crippen LogP contribution in [0.25, 0.3) is 10.9 Å². The summed E-state index contributed by atoms with van der Waals surface area (Å²) in [6.07, 6.45) is -1.45. The molecule has 24 heteroatoms. The fourth-order valence-corrected chi connectivity index (χ4v) is 7.32. The molecule has 11 atom stereocenters. The number of hydrogen-bond acceptors (Lipinski definition) is 14. The van der Waals surface area contributed by atoms with Gasteiger partial charge in [-0.15, -0.1) is 0 Å². The van der Waals surface area contributed by atoms with E-state index in [1.54, 1.807) is 58.2 Å². The highest BCUT2D eigenvalue weighted by Crippen LogP contribution is 2.20. The molecule has 24 nitrogen and oxygen atoms in total. The van der Waals surface area contributed by atoms with Gasteiger partial charge in [-0.05, 0) is 68.4 Å². The molecule has 0 saturated heterocycles. The minimum atomic E-state index is -1.77. The molecule has 2 aromatic carbocycles. The smallest absolute Gasteiger partial charge is 0.326 e. The molecule has 72 heavy (non-hydrogen) atoms. The number of para-hydroxylation sites is 1. The minimum absolute atomic E-state index is 0.0747. The number of carboxylic acid groups (broad SMARTS) is 1. The van der Waals surface area contributed by atoms with Crippen LogP contribution in [0.1, 0.15) is 72.4 Å². The third-order valence-corrected chi connectivity index (χ3v) is 11.7. The molecule has 1 heterocycles. The largest absolute Gasteiger partial charge is 0.508 e. The van der Waals surface area contributed by atoms with Crippen LogP contribution in [-0.2, 0) is 56.0 Å². The summed E-state index contributed by atoms with van der Waals surface area (Å²) in [5.74, 6) is -9.26. The maximum Gasteiger partial charge on any atom is 0.326 e. The van der Waals surface area contributed by atoms with E-state index in [0.717, 1.165) is 0 Å². The molecule has 0 spiro atoms. The lowest BCUT2D eigenvalue weighted by Crippen LogP contribution is -2.62. The van der Waals surface area contributed by atoms with E-state index >= 15 is 0 Å². The summed E-state index contributed by atoms with van der Waals surface area (Å²) in [6.45, 7) is 9.19. The Kier molecular flexibility index (Phi) is 23.0. The Morgan fingerprint density at radius 2 is 1.15 bits per heavy atom. The first-order chi connectivity index (χ1) is 33.9. The zero-order chi connectivity index (χ0) is 54.0. The number of aromatic nitrogens is 1. The summed E-state index contributed by atoms with van der Waals surface area (Å²) in [7, 11) is 0. The molecule has 396 valence electrons. The predicted octanol–water partition coefficient (Wildman–Crippen LogP) is -2.55. The van der Waals surface area contributed by atoms with Crippen LogP contribution in [0.3, 0.4) is 0 Å². The van der Waals surface area contributed by atoms with E-state index in [9.17, 15) is 68.7 Å². The molecule has 0 saturated carbocycles. The number of carbonyl (C=O) groups is 9. The van der Waals surface area contributed by atoms with Crippen molar-refractivity contribution in [1.82, 2.24) is 47.5 Å². The molecule has 0 aliphatic carbocycles. The van der Waals surface area contributed by atoms with Crippen LogP contribution in [0.15, 0.2) is 54.7 Å². The number of rotatable bonds is 28. The number of phenols is 1. The Balaban J connectivity index is 1.79. The van der Waals surface area contributed by atoms with E-state index in [4.69, 9.17) is 5.73 Å². The van der Waals surface area contributed by atoms with Gasteiger partial charge in [0.1, 0.15) is 54.1 Å². The van der Waals surface area contributed by atoms with Crippen molar-refractivity contribution in [3.63, 3.8) is 0 Å². The lowest BCUT2D eigenvalue weighted by atomic mass is 9.97. The van der Waals surface area contributed by atoms with Crippen molar-refractivity contribution in [2.24, 2.45) is 17.6 Å². The minimum Gasteiger partial charge on any atom is -0.508 e. The number of nitrogens with one attached hydrogen (secondary N) is 9. The van der Waals surface area contributed by atoms with Crippen molar-refractivity contribution in [3.8, 4) is 5.75 Å². The number of aliphatic carboxylic acids is 1. The number of aliphatic hydroxyl groups is 3. The Morgan fingerprint density at radius 3 is 1.71 bits per heavy atom. The Bertz CT molecular complexity index is 2360. The van der Waals surface area contributed by atoms with Gasteiger partial charge in [0.15, 0.2) is 0 Å². The number of fused-ring (bicyclic) bond motifs is 1. The maximum absolute atomic E-state index is 14.2. The van der Waals surface area contributed by atoms with Crippen molar-refractivity contribution < 1.29 is 68.7 Å². The maximum atomic E-state index is 14.2. The summed E-state index contributed by atoms with van der Waals surface area (Å²) in [5, 5.41) is 70.4. The first-order valence-corrected chi connectivity index (χ1v) is 23.5. The van der Waals surface area contributed by atoms with Crippen molar-refractivity contribution in [2.45, 2.75) is 135 Å². The van der Waals surface area contributed by atoms with Gasteiger partial charge < -0.3 is 78.8 Å². The number of carboxylic acids is 1. The second-order valence-corrected chi connectivity index (χ2v) is 18.2. The number of amides is 8. The van der Waals surface area contributed by atoms with E-state index in [0.29, 0.717) is 28.5 Å². The number of nitrogens with two attached hydrogens (primary N) is 1. The van der Waals surface area contributed by atoms with Crippen LogP contribution in [0, 0.1) is 11.8 Å². The highest BCUT2D eigenvalue weighted by Gasteiger charge is 2.36. The molecular formula is C48H70N10O14. The Morgan fingerprint density at radius 1 is 0.625 bits per heavy atom. The topological polar surface area (TPSA) is 393 Å². The van der Waals surface area contributed by atoms with Crippen molar-refractivity contribution >= 4 is 64.1 Å². The zero-order valence-electron chi connectivity index (χ0n) is 41.4. The van der Waals surface area contributed by atoms with Gasteiger partial charge in [-0.2, -0.15) is 0 Å². The molecule has 1 aromatic heterocycles. The highest BCUT2D eigenvalue weighted by atomic mass is 16.4. The molecule has 3 rings (SSSR count). The Hall–Kier alpha value is -7.15. The van der Waals surface area contributed by atoms with Crippen LogP contribution >= 0.6 is 0 Å². The van der Waals surface area contributed by atoms with Crippen LogP contribution < -0.4 is 48.3 Å². The summed E-state index contributed by atoms with van der Waals surface area (Å²) in [4.78, 5) is 122. The number of aromatic hydroxyl groups is 1. The van der Waals surface area contributed by atoms with Crippen molar-refractivity contribution in [3.05, 3.63) is 65.9 Å². The number of H-pyrrole nitrogens is 1. The number of phenolic OH excluding ortho intramolecular Hbond substituents is 1. The number of aliphatic hydroxyl groups excluding tert-OH is 3. The van der Waals surface area contributed by atoms with Gasteiger partial charge in [0.2, 0.25) is 47.3 Å². The first-order valence-electron chi connectivity index (χ1n) is 23.5. The lowest BCUT2D eigenvalue weighted by molar-refractivity contribution is -0.144. The third kappa shape index (κ3) is 17.9. The van der Waals surface area contributed by atoms with Gasteiger partial charge in [0.25, 0.3) is 0 Å². The summed E-state index contributed by atoms with van der Waals surface area (Å²) in [5.41, 5.74) is 7.32. The SMILES string of the molecule is CC[C@H](C)[C@H](NC(=O)[C@H](CC(C)C)NC(=O)[C@H](C)NC(=O)CNC(=O)[C@@H](NC(=O)[C@H](Cc1c[nH]c2ccccc12)NC(=O)[C@@H](NC(=O)[C@H](Cc1ccc(O)cc1)NC(=O)[C@@H](N)CO)[C@@H](C)O)[C@@H](C)O)C(=O)O. The van der Waals surface area contributed by atoms with Gasteiger partial charge in [-0.25, -0.2) is 4.79 Å². The predicted molar refractivity (Wildman–Crippen MR) is 261 cm³/mol. The number of hydrogen-bond donors (Lipinski definition) is 15. The van der Waals surface area contributed by atoms with Crippen LogP contribution in [-0.4, -0.2) is 157 Å². The highest BCUT2D eigenvalue weighted by molar-refractivity contribution is 5.98. The van der Waals surface area contributed by atoms with Gasteiger partial charge in [0.05, 0.1) is 25.4 Å². The molecule has 0 fully saturated rings. The van der Waals surface area contributed by atoms with E-state index in [-0.39, 0.29) is 30.9 Å². The number of carbonyl (C=O) groups excluding carboxylic acids is 8. The molecule has 0 bridgehead atoms.